The predicted molar refractivity (Wildman–Crippen MR) is 99.5 cm³/mol. The van der Waals surface area contributed by atoms with Gasteiger partial charge in [0.1, 0.15) is 0 Å². The summed E-state index contributed by atoms with van der Waals surface area (Å²) in [6, 6.07) is 6.45. The minimum Gasteiger partial charge on any atom is -0.381 e. The summed E-state index contributed by atoms with van der Waals surface area (Å²) in [5, 5.41) is 3.14. The minimum absolute atomic E-state index is 0.0681. The summed E-state index contributed by atoms with van der Waals surface area (Å²) in [7, 11) is 0. The van der Waals surface area contributed by atoms with E-state index in [4.69, 9.17) is 4.74 Å². The first kappa shape index (κ1) is 16.8. The largest absolute Gasteiger partial charge is 0.381 e. The normalized spacial score (nSPS) is 22.5. The monoisotopic (exact) mass is 340 g/mol. The SMILES string of the molecule is Cc1ccc(CN2CCCC2)cc1NC(=O)C1=CC2(CCOCC2)C1. The Kier molecular flexibility index (Phi) is 4.65. The molecule has 1 spiro atoms. The Morgan fingerprint density at radius 2 is 1.96 bits per heavy atom. The van der Waals surface area contributed by atoms with Crippen LogP contribution in [0.15, 0.2) is 29.8 Å². The molecule has 2 saturated heterocycles. The molecule has 2 aliphatic heterocycles. The molecule has 0 atom stereocenters. The van der Waals surface area contributed by atoms with Gasteiger partial charge in [-0.25, -0.2) is 0 Å². The van der Waals surface area contributed by atoms with Crippen LogP contribution in [0, 0.1) is 12.3 Å². The first-order valence-corrected chi connectivity index (χ1v) is 9.56. The fourth-order valence-electron chi connectivity index (χ4n) is 4.27. The quantitative estimate of drug-likeness (QED) is 0.909. The van der Waals surface area contributed by atoms with Gasteiger partial charge in [0, 0.05) is 31.0 Å². The van der Waals surface area contributed by atoms with E-state index in [-0.39, 0.29) is 11.3 Å². The smallest absolute Gasteiger partial charge is 0.251 e. The van der Waals surface area contributed by atoms with Gasteiger partial charge in [-0.2, -0.15) is 0 Å². The molecular weight excluding hydrogens is 312 g/mol. The number of nitrogens with zero attached hydrogens (tertiary/aromatic N) is 1. The number of rotatable bonds is 4. The second-order valence-electron chi connectivity index (χ2n) is 7.91. The van der Waals surface area contributed by atoms with Gasteiger partial charge in [0.25, 0.3) is 5.91 Å². The summed E-state index contributed by atoms with van der Waals surface area (Å²) in [4.78, 5) is 15.1. The maximum Gasteiger partial charge on any atom is 0.251 e. The molecule has 134 valence electrons. The first-order chi connectivity index (χ1) is 12.1. The zero-order valence-electron chi connectivity index (χ0n) is 15.1. The molecule has 3 aliphatic rings. The number of anilines is 1. The highest BCUT2D eigenvalue weighted by atomic mass is 16.5. The lowest BCUT2D eigenvalue weighted by Crippen LogP contribution is -2.37. The third kappa shape index (κ3) is 3.65. The van der Waals surface area contributed by atoms with E-state index in [1.165, 1.54) is 31.5 Å². The summed E-state index contributed by atoms with van der Waals surface area (Å²) >= 11 is 0. The Balaban J connectivity index is 1.41. The Bertz CT molecular complexity index is 683. The number of likely N-dealkylation sites (tertiary alicyclic amines) is 1. The van der Waals surface area contributed by atoms with Gasteiger partial charge in [-0.1, -0.05) is 18.2 Å². The highest BCUT2D eigenvalue weighted by molar-refractivity contribution is 6.05. The fourth-order valence-corrected chi connectivity index (χ4v) is 4.27. The molecule has 0 aromatic heterocycles. The van der Waals surface area contributed by atoms with E-state index in [1.807, 2.05) is 0 Å². The van der Waals surface area contributed by atoms with E-state index in [2.05, 4.69) is 41.4 Å². The number of ether oxygens (including phenoxy) is 1. The number of carbonyl (C=O) groups excluding carboxylic acids is 1. The number of aryl methyl sites for hydroxylation is 1. The topological polar surface area (TPSA) is 41.6 Å². The van der Waals surface area contributed by atoms with Gasteiger partial charge < -0.3 is 10.1 Å². The maximum absolute atomic E-state index is 12.6. The summed E-state index contributed by atoms with van der Waals surface area (Å²) in [6.45, 7) is 7.06. The fraction of sp³-hybridized carbons (Fsp3) is 0.571. The van der Waals surface area contributed by atoms with Gasteiger partial charge in [0.15, 0.2) is 0 Å². The van der Waals surface area contributed by atoms with Gasteiger partial charge in [-0.15, -0.1) is 0 Å². The molecule has 0 unspecified atom stereocenters. The van der Waals surface area contributed by atoms with Crippen LogP contribution in [0.25, 0.3) is 0 Å². The Morgan fingerprint density at radius 3 is 2.68 bits per heavy atom. The minimum atomic E-state index is 0.0681. The summed E-state index contributed by atoms with van der Waals surface area (Å²) in [5.74, 6) is 0.0681. The van der Waals surface area contributed by atoms with Crippen molar-refractivity contribution in [1.82, 2.24) is 4.90 Å². The number of hydrogen-bond acceptors (Lipinski definition) is 3. The Labute approximate surface area is 150 Å². The standard InChI is InChI=1S/C21H28N2O2/c1-16-4-5-17(15-23-8-2-3-9-23)12-19(16)22-20(24)18-13-21(14-18)6-10-25-11-7-21/h4-5,12-13H,2-3,6-11,14-15H2,1H3,(H,22,24). The molecule has 1 N–H and O–H groups in total. The van der Waals surface area contributed by atoms with E-state index in [0.29, 0.717) is 0 Å². The van der Waals surface area contributed by atoms with Crippen molar-refractivity contribution < 1.29 is 9.53 Å². The Morgan fingerprint density at radius 1 is 1.24 bits per heavy atom. The van der Waals surface area contributed by atoms with E-state index in [9.17, 15) is 4.79 Å². The molecule has 2 heterocycles. The second kappa shape index (κ2) is 6.93. The lowest BCUT2D eigenvalue weighted by atomic mass is 9.66. The molecule has 0 radical (unpaired) electrons. The number of carbonyl (C=O) groups is 1. The molecule has 1 aromatic rings. The molecule has 0 saturated carbocycles. The van der Waals surface area contributed by atoms with E-state index in [1.54, 1.807) is 0 Å². The molecule has 1 aliphatic carbocycles. The van der Waals surface area contributed by atoms with Gasteiger partial charge in [-0.05, 0) is 74.7 Å². The van der Waals surface area contributed by atoms with Crippen LogP contribution in [0.1, 0.15) is 43.2 Å². The zero-order chi connectivity index (χ0) is 17.3. The predicted octanol–water partition coefficient (Wildman–Crippen LogP) is 3.66. The van der Waals surface area contributed by atoms with Crippen molar-refractivity contribution in [1.29, 1.82) is 0 Å². The van der Waals surface area contributed by atoms with Crippen molar-refractivity contribution in [3.05, 3.63) is 41.0 Å². The molecule has 4 heteroatoms. The number of allylic oxidation sites excluding steroid dienone is 1. The number of nitrogens with one attached hydrogen (secondary N) is 1. The average Bonchev–Trinajstić information content (AvgIpc) is 3.09. The zero-order valence-corrected chi connectivity index (χ0v) is 15.1. The lowest BCUT2D eigenvalue weighted by Gasteiger charge is -2.42. The molecule has 4 rings (SSSR count). The van der Waals surface area contributed by atoms with E-state index >= 15 is 0 Å². The van der Waals surface area contributed by atoms with Crippen LogP contribution in [0.3, 0.4) is 0 Å². The van der Waals surface area contributed by atoms with Crippen molar-refractivity contribution in [2.75, 3.05) is 31.6 Å². The summed E-state index contributed by atoms with van der Waals surface area (Å²) in [6.07, 6.45) is 7.79. The number of benzene rings is 1. The Hall–Kier alpha value is -1.65. The van der Waals surface area contributed by atoms with Crippen molar-refractivity contribution in [3.8, 4) is 0 Å². The van der Waals surface area contributed by atoms with Crippen molar-refractivity contribution >= 4 is 11.6 Å². The highest BCUT2D eigenvalue weighted by Crippen LogP contribution is 2.47. The molecule has 1 aromatic carbocycles. The van der Waals surface area contributed by atoms with Crippen LogP contribution in [0.2, 0.25) is 0 Å². The van der Waals surface area contributed by atoms with Crippen LogP contribution in [0.5, 0.6) is 0 Å². The second-order valence-corrected chi connectivity index (χ2v) is 7.91. The number of amides is 1. The molecular formula is C21H28N2O2. The van der Waals surface area contributed by atoms with Crippen LogP contribution in [-0.4, -0.2) is 37.1 Å². The van der Waals surface area contributed by atoms with Crippen molar-refractivity contribution in [2.45, 2.75) is 45.6 Å². The van der Waals surface area contributed by atoms with E-state index < -0.39 is 0 Å². The number of hydrogen-bond donors (Lipinski definition) is 1. The first-order valence-electron chi connectivity index (χ1n) is 9.56. The third-order valence-electron chi connectivity index (χ3n) is 5.96. The van der Waals surface area contributed by atoms with Gasteiger partial charge in [0.05, 0.1) is 0 Å². The van der Waals surface area contributed by atoms with Crippen LogP contribution >= 0.6 is 0 Å². The molecule has 4 nitrogen and oxygen atoms in total. The maximum atomic E-state index is 12.6. The highest BCUT2D eigenvalue weighted by Gasteiger charge is 2.40. The molecule has 1 amide bonds. The summed E-state index contributed by atoms with van der Waals surface area (Å²) in [5.41, 5.74) is 4.53. The summed E-state index contributed by atoms with van der Waals surface area (Å²) < 4.78 is 5.44. The van der Waals surface area contributed by atoms with Crippen LogP contribution in [0.4, 0.5) is 5.69 Å². The molecule has 25 heavy (non-hydrogen) atoms. The molecule has 0 bridgehead atoms. The van der Waals surface area contributed by atoms with Gasteiger partial charge in [0.2, 0.25) is 0 Å². The third-order valence-corrected chi connectivity index (χ3v) is 5.96. The van der Waals surface area contributed by atoms with Crippen LogP contribution in [-0.2, 0) is 16.1 Å². The van der Waals surface area contributed by atoms with Gasteiger partial charge in [-0.3, -0.25) is 9.69 Å². The average molecular weight is 340 g/mol. The lowest BCUT2D eigenvalue weighted by molar-refractivity contribution is -0.114. The van der Waals surface area contributed by atoms with Crippen LogP contribution < -0.4 is 5.32 Å². The van der Waals surface area contributed by atoms with E-state index in [0.717, 1.165) is 55.8 Å². The van der Waals surface area contributed by atoms with Gasteiger partial charge >= 0.3 is 0 Å². The molecule has 2 fully saturated rings. The van der Waals surface area contributed by atoms with Crippen molar-refractivity contribution in [2.24, 2.45) is 5.41 Å². The van der Waals surface area contributed by atoms with Crippen molar-refractivity contribution in [3.63, 3.8) is 0 Å².